The molecule has 0 fully saturated rings. The molecule has 0 spiro atoms. The van der Waals surface area contributed by atoms with Crippen LogP contribution >= 0.6 is 15.9 Å². The number of hydrogen-bond donors (Lipinski definition) is 1. The number of carbonyl (C=O) groups is 1. The third-order valence-electron chi connectivity index (χ3n) is 2.08. The Bertz CT molecular complexity index is 622. The number of carboxylic acids is 1. The van der Waals surface area contributed by atoms with E-state index in [9.17, 15) is 14.9 Å². The van der Waals surface area contributed by atoms with E-state index in [0.717, 1.165) is 0 Å². The molecule has 9 heteroatoms. The van der Waals surface area contributed by atoms with Crippen LogP contribution in [0.5, 0.6) is 0 Å². The zero-order chi connectivity index (χ0) is 13.3. The van der Waals surface area contributed by atoms with E-state index in [1.807, 2.05) is 0 Å². The number of aromatic nitrogens is 3. The first-order valence-corrected chi connectivity index (χ1v) is 5.39. The number of carboxylic acid groups (broad SMARTS) is 1. The monoisotopic (exact) mass is 312 g/mol. The van der Waals surface area contributed by atoms with Gasteiger partial charge in [0.25, 0.3) is 4.73 Å². The second kappa shape index (κ2) is 4.53. The number of benzene rings is 1. The van der Waals surface area contributed by atoms with Crippen LogP contribution in [0.15, 0.2) is 29.0 Å². The predicted octanol–water partition coefficient (Wildman–Crippen LogP) is 1.64. The fourth-order valence-corrected chi connectivity index (χ4v) is 1.71. The predicted molar refractivity (Wildman–Crippen MR) is 62.7 cm³/mol. The Labute approximate surface area is 108 Å². The molecular formula is C9H5BrN4O4. The highest BCUT2D eigenvalue weighted by Gasteiger charge is 2.20. The van der Waals surface area contributed by atoms with Gasteiger partial charge in [-0.25, -0.2) is 4.79 Å². The Morgan fingerprint density at radius 3 is 2.44 bits per heavy atom. The molecule has 18 heavy (non-hydrogen) atoms. The maximum absolute atomic E-state index is 10.7. The summed E-state index contributed by atoms with van der Waals surface area (Å²) < 4.78 is 1.36. The van der Waals surface area contributed by atoms with Crippen LogP contribution in [0.3, 0.4) is 0 Å². The summed E-state index contributed by atoms with van der Waals surface area (Å²) in [5, 5.41) is 22.9. The summed E-state index contributed by atoms with van der Waals surface area (Å²) in [7, 11) is 0. The molecule has 2 aromatic rings. The summed E-state index contributed by atoms with van der Waals surface area (Å²) in [6, 6.07) is 5.70. The Kier molecular flexibility index (Phi) is 3.06. The van der Waals surface area contributed by atoms with Crippen molar-refractivity contribution in [2.75, 3.05) is 0 Å². The van der Waals surface area contributed by atoms with Gasteiger partial charge in [-0.05, 0) is 34.2 Å². The molecule has 92 valence electrons. The maximum Gasteiger partial charge on any atom is 0.492 e. The summed E-state index contributed by atoms with van der Waals surface area (Å²) in [5.74, 6) is -1.59. The summed E-state index contributed by atoms with van der Waals surface area (Å²) in [4.78, 5) is 24.1. The highest BCUT2D eigenvalue weighted by molar-refractivity contribution is 9.10. The van der Waals surface area contributed by atoms with Gasteiger partial charge in [-0.1, -0.05) is 0 Å². The smallest absolute Gasteiger partial charge is 0.478 e. The number of nitro groups is 1. The van der Waals surface area contributed by atoms with E-state index in [1.165, 1.54) is 28.9 Å². The zero-order valence-corrected chi connectivity index (χ0v) is 10.2. The van der Waals surface area contributed by atoms with Crippen molar-refractivity contribution in [2.45, 2.75) is 0 Å². The van der Waals surface area contributed by atoms with Crippen LogP contribution in [0.2, 0.25) is 0 Å². The average Bonchev–Trinajstić information content (AvgIpc) is 2.71. The molecule has 0 aliphatic heterocycles. The van der Waals surface area contributed by atoms with Crippen molar-refractivity contribution in [3.8, 4) is 5.69 Å². The quantitative estimate of drug-likeness (QED) is 0.681. The molecule has 1 aromatic heterocycles. The van der Waals surface area contributed by atoms with Crippen LogP contribution in [0.25, 0.3) is 5.69 Å². The number of rotatable bonds is 3. The van der Waals surface area contributed by atoms with Gasteiger partial charge in [-0.2, -0.15) is 0 Å². The van der Waals surface area contributed by atoms with E-state index in [4.69, 9.17) is 5.11 Å². The first-order chi connectivity index (χ1) is 8.49. The number of aromatic carboxylic acids is 1. The van der Waals surface area contributed by atoms with Crippen LogP contribution in [0, 0.1) is 10.1 Å². The van der Waals surface area contributed by atoms with Gasteiger partial charge in [0.2, 0.25) is 0 Å². The van der Waals surface area contributed by atoms with Gasteiger partial charge >= 0.3 is 11.9 Å². The summed E-state index contributed by atoms with van der Waals surface area (Å²) in [6.45, 7) is 0. The Hall–Kier alpha value is -2.29. The Balaban J connectivity index is 2.42. The molecule has 0 aliphatic carbocycles. The topological polar surface area (TPSA) is 111 Å². The van der Waals surface area contributed by atoms with E-state index in [-0.39, 0.29) is 10.3 Å². The molecule has 0 aliphatic rings. The summed E-state index contributed by atoms with van der Waals surface area (Å²) in [6.07, 6.45) is 0. The lowest BCUT2D eigenvalue weighted by Crippen LogP contribution is -2.00. The van der Waals surface area contributed by atoms with Gasteiger partial charge in [0.1, 0.15) is 0 Å². The maximum atomic E-state index is 10.7. The molecule has 0 atom stereocenters. The van der Waals surface area contributed by atoms with Crippen molar-refractivity contribution in [1.29, 1.82) is 0 Å². The third-order valence-corrected chi connectivity index (χ3v) is 2.59. The van der Waals surface area contributed by atoms with Crippen molar-refractivity contribution in [1.82, 2.24) is 14.8 Å². The van der Waals surface area contributed by atoms with Crippen molar-refractivity contribution >= 4 is 27.8 Å². The average molecular weight is 313 g/mol. The molecule has 0 saturated carbocycles. The first-order valence-electron chi connectivity index (χ1n) is 4.59. The number of hydrogen-bond acceptors (Lipinski definition) is 5. The first kappa shape index (κ1) is 12.2. The Morgan fingerprint density at radius 2 is 2.00 bits per heavy atom. The van der Waals surface area contributed by atoms with Gasteiger partial charge < -0.3 is 15.2 Å². The lowest BCUT2D eigenvalue weighted by molar-refractivity contribution is -0.394. The molecule has 0 unspecified atom stereocenters. The molecule has 1 aromatic carbocycles. The van der Waals surface area contributed by atoms with Gasteiger partial charge in [0.15, 0.2) is 0 Å². The van der Waals surface area contributed by atoms with Gasteiger partial charge in [0.05, 0.1) is 11.3 Å². The molecular weight excluding hydrogens is 308 g/mol. The SMILES string of the molecule is O=C(O)c1ccc(-n2nc([N+](=O)[O-])nc2Br)cc1. The second-order valence-corrected chi connectivity index (χ2v) is 3.91. The van der Waals surface area contributed by atoms with E-state index in [0.29, 0.717) is 5.69 Å². The van der Waals surface area contributed by atoms with Crippen molar-refractivity contribution in [3.63, 3.8) is 0 Å². The van der Waals surface area contributed by atoms with Crippen molar-refractivity contribution in [2.24, 2.45) is 0 Å². The van der Waals surface area contributed by atoms with Gasteiger partial charge in [-0.15, -0.1) is 4.68 Å². The van der Waals surface area contributed by atoms with Gasteiger partial charge in [0, 0.05) is 21.0 Å². The van der Waals surface area contributed by atoms with Crippen LogP contribution in [-0.2, 0) is 0 Å². The normalized spacial score (nSPS) is 10.3. The van der Waals surface area contributed by atoms with E-state index in [1.54, 1.807) is 0 Å². The molecule has 0 bridgehead atoms. The van der Waals surface area contributed by atoms with E-state index >= 15 is 0 Å². The molecule has 1 heterocycles. The zero-order valence-electron chi connectivity index (χ0n) is 8.65. The molecule has 0 saturated heterocycles. The standard InChI is InChI=1S/C9H5BrN4O4/c10-8-11-9(14(17)18)12-13(8)6-3-1-5(2-4-6)7(15)16/h1-4H,(H,15,16). The van der Waals surface area contributed by atoms with Gasteiger partial charge in [-0.3, -0.25) is 0 Å². The van der Waals surface area contributed by atoms with Crippen LogP contribution < -0.4 is 0 Å². The number of nitrogens with zero attached hydrogens (tertiary/aromatic N) is 4. The lowest BCUT2D eigenvalue weighted by atomic mass is 10.2. The molecule has 1 N–H and O–H groups in total. The van der Waals surface area contributed by atoms with Crippen molar-refractivity contribution in [3.05, 3.63) is 44.7 Å². The fraction of sp³-hybridized carbons (Fsp3) is 0. The fourth-order valence-electron chi connectivity index (χ4n) is 1.27. The third kappa shape index (κ3) is 2.20. The van der Waals surface area contributed by atoms with Crippen LogP contribution in [-0.4, -0.2) is 30.8 Å². The van der Waals surface area contributed by atoms with Crippen LogP contribution in [0.1, 0.15) is 10.4 Å². The second-order valence-electron chi connectivity index (χ2n) is 3.20. The minimum atomic E-state index is -1.05. The number of halogens is 1. The summed E-state index contributed by atoms with van der Waals surface area (Å²) in [5.41, 5.74) is 0.581. The minimum absolute atomic E-state index is 0.115. The highest BCUT2D eigenvalue weighted by Crippen LogP contribution is 2.18. The van der Waals surface area contributed by atoms with E-state index in [2.05, 4.69) is 26.0 Å². The van der Waals surface area contributed by atoms with Crippen LogP contribution in [0.4, 0.5) is 5.95 Å². The Morgan fingerprint density at radius 1 is 1.39 bits per heavy atom. The van der Waals surface area contributed by atoms with E-state index < -0.39 is 16.8 Å². The molecule has 2 rings (SSSR count). The van der Waals surface area contributed by atoms with Crippen molar-refractivity contribution < 1.29 is 14.8 Å². The summed E-state index contributed by atoms with van der Waals surface area (Å²) >= 11 is 3.04. The molecule has 0 amide bonds. The largest absolute Gasteiger partial charge is 0.492 e. The highest BCUT2D eigenvalue weighted by atomic mass is 79.9. The minimum Gasteiger partial charge on any atom is -0.478 e. The molecule has 0 radical (unpaired) electrons. The molecule has 8 nitrogen and oxygen atoms in total. The lowest BCUT2D eigenvalue weighted by Gasteiger charge is -1.98.